The van der Waals surface area contributed by atoms with Gasteiger partial charge in [-0.25, -0.2) is 0 Å². The van der Waals surface area contributed by atoms with Crippen molar-refractivity contribution in [2.75, 3.05) is 17.2 Å². The van der Waals surface area contributed by atoms with E-state index in [1.165, 1.54) is 11.3 Å². The van der Waals surface area contributed by atoms with E-state index in [-0.39, 0.29) is 17.7 Å². The molecule has 1 aromatic heterocycles. The predicted octanol–water partition coefficient (Wildman–Crippen LogP) is 4.42. The number of benzene rings is 1. The Morgan fingerprint density at radius 1 is 1.17 bits per heavy atom. The van der Waals surface area contributed by atoms with Gasteiger partial charge in [0.1, 0.15) is 0 Å². The number of likely N-dealkylation sites (tertiary alicyclic amines) is 1. The van der Waals surface area contributed by atoms with Crippen molar-refractivity contribution in [3.63, 3.8) is 0 Å². The summed E-state index contributed by atoms with van der Waals surface area (Å²) in [6.07, 6.45) is 1.52. The van der Waals surface area contributed by atoms with Gasteiger partial charge in [-0.2, -0.15) is 0 Å². The fourth-order valence-corrected chi connectivity index (χ4v) is 4.06. The van der Waals surface area contributed by atoms with Crippen LogP contribution in [0.3, 0.4) is 0 Å². The monoisotopic (exact) mass is 413 g/mol. The number of thiophene rings is 1. The van der Waals surface area contributed by atoms with E-state index in [2.05, 4.69) is 10.6 Å². The van der Waals surface area contributed by atoms with Gasteiger partial charge in [0.15, 0.2) is 0 Å². The van der Waals surface area contributed by atoms with Gasteiger partial charge in [0.2, 0.25) is 11.8 Å². The van der Waals surface area contributed by atoms with Crippen molar-refractivity contribution in [1.29, 1.82) is 0 Å². The molecule has 6 nitrogen and oxygen atoms in total. The fourth-order valence-electron chi connectivity index (χ4n) is 3.10. The summed E-state index contributed by atoms with van der Waals surface area (Å²) in [5.41, 5.74) is 1.99. The molecule has 0 aliphatic carbocycles. The molecule has 0 unspecified atom stereocenters. The lowest BCUT2D eigenvalue weighted by Crippen LogP contribution is -2.27. The second-order valence-electron chi connectivity index (χ2n) is 8.40. The number of hydrogen-bond donors (Lipinski definition) is 2. The normalized spacial score (nSPS) is 14.2. The zero-order valence-electron chi connectivity index (χ0n) is 17.3. The summed E-state index contributed by atoms with van der Waals surface area (Å²) >= 11 is 1.27. The van der Waals surface area contributed by atoms with Crippen molar-refractivity contribution >= 4 is 39.7 Å². The highest BCUT2D eigenvalue weighted by Crippen LogP contribution is 2.29. The van der Waals surface area contributed by atoms with Crippen molar-refractivity contribution in [2.45, 2.75) is 47.1 Å². The van der Waals surface area contributed by atoms with Crippen LogP contribution in [0.2, 0.25) is 0 Å². The summed E-state index contributed by atoms with van der Waals surface area (Å²) in [4.78, 5) is 39.2. The Morgan fingerprint density at radius 2 is 1.93 bits per heavy atom. The molecule has 0 radical (unpaired) electrons. The van der Waals surface area contributed by atoms with Gasteiger partial charge in [-0.05, 0) is 42.7 Å². The molecule has 3 rings (SSSR count). The fraction of sp³-hybridized carbons (Fsp3) is 0.409. The number of aryl methyl sites for hydroxylation is 1. The standard InChI is InChI=1S/C22H27N3O3S/c1-14-11-17(24-21(28)22(2,3)4)29-19(14)20(27)23-16-8-5-7-15(12-16)13-25-10-6-9-18(25)26/h5,7-8,11-12H,6,9-10,13H2,1-4H3,(H,23,27)(H,24,28). The highest BCUT2D eigenvalue weighted by Gasteiger charge is 2.23. The van der Waals surface area contributed by atoms with Gasteiger partial charge in [-0.15, -0.1) is 11.3 Å². The molecular formula is C22H27N3O3S. The quantitative estimate of drug-likeness (QED) is 0.762. The van der Waals surface area contributed by atoms with Crippen molar-refractivity contribution < 1.29 is 14.4 Å². The summed E-state index contributed by atoms with van der Waals surface area (Å²) in [7, 11) is 0. The molecule has 0 spiro atoms. The molecule has 3 amide bonds. The van der Waals surface area contributed by atoms with Crippen LogP contribution in [0.1, 0.15) is 54.4 Å². The summed E-state index contributed by atoms with van der Waals surface area (Å²) in [5, 5.41) is 6.47. The zero-order chi connectivity index (χ0) is 21.2. The van der Waals surface area contributed by atoms with Crippen LogP contribution in [-0.4, -0.2) is 29.2 Å². The van der Waals surface area contributed by atoms with Gasteiger partial charge in [-0.1, -0.05) is 32.9 Å². The first-order chi connectivity index (χ1) is 13.6. The maximum absolute atomic E-state index is 12.8. The van der Waals surface area contributed by atoms with Gasteiger partial charge >= 0.3 is 0 Å². The van der Waals surface area contributed by atoms with E-state index in [9.17, 15) is 14.4 Å². The molecule has 2 aromatic rings. The van der Waals surface area contributed by atoms with Crippen molar-refractivity contribution in [3.05, 3.63) is 46.3 Å². The van der Waals surface area contributed by atoms with Gasteiger partial charge < -0.3 is 15.5 Å². The van der Waals surface area contributed by atoms with Crippen molar-refractivity contribution in [3.8, 4) is 0 Å². The molecule has 1 fully saturated rings. The SMILES string of the molecule is Cc1cc(NC(=O)C(C)(C)C)sc1C(=O)Nc1cccc(CN2CCCC2=O)c1. The average Bonchev–Trinajstić information content (AvgIpc) is 3.20. The number of carbonyl (C=O) groups excluding carboxylic acids is 3. The number of amides is 3. The summed E-state index contributed by atoms with van der Waals surface area (Å²) in [6, 6.07) is 9.38. The van der Waals surface area contributed by atoms with E-state index in [1.807, 2.05) is 62.9 Å². The molecule has 0 saturated carbocycles. The topological polar surface area (TPSA) is 78.5 Å². The Labute approximate surface area is 175 Å². The minimum Gasteiger partial charge on any atom is -0.338 e. The molecule has 0 bridgehead atoms. The van der Waals surface area contributed by atoms with E-state index in [0.29, 0.717) is 28.5 Å². The molecule has 0 atom stereocenters. The van der Waals surface area contributed by atoms with Gasteiger partial charge in [0.25, 0.3) is 5.91 Å². The number of rotatable bonds is 5. The molecule has 1 aromatic carbocycles. The lowest BCUT2D eigenvalue weighted by molar-refractivity contribution is -0.128. The molecule has 154 valence electrons. The third-order valence-electron chi connectivity index (χ3n) is 4.77. The van der Waals surface area contributed by atoms with Crippen LogP contribution in [0.5, 0.6) is 0 Å². The Morgan fingerprint density at radius 3 is 2.59 bits per heavy atom. The molecule has 29 heavy (non-hydrogen) atoms. The highest BCUT2D eigenvalue weighted by atomic mass is 32.1. The van der Waals surface area contributed by atoms with E-state index >= 15 is 0 Å². The Balaban J connectivity index is 1.68. The maximum Gasteiger partial charge on any atom is 0.266 e. The third-order valence-corrected chi connectivity index (χ3v) is 5.92. The zero-order valence-corrected chi connectivity index (χ0v) is 18.1. The van der Waals surface area contributed by atoms with E-state index in [1.54, 1.807) is 0 Å². The van der Waals surface area contributed by atoms with E-state index in [4.69, 9.17) is 0 Å². The molecule has 1 saturated heterocycles. The highest BCUT2D eigenvalue weighted by molar-refractivity contribution is 7.18. The molecule has 2 heterocycles. The lowest BCUT2D eigenvalue weighted by atomic mass is 9.96. The second-order valence-corrected chi connectivity index (χ2v) is 9.45. The summed E-state index contributed by atoms with van der Waals surface area (Å²) in [6.45, 7) is 8.74. The van der Waals surface area contributed by atoms with Crippen molar-refractivity contribution in [1.82, 2.24) is 4.90 Å². The van der Waals surface area contributed by atoms with Gasteiger partial charge in [-0.3, -0.25) is 14.4 Å². The lowest BCUT2D eigenvalue weighted by Gasteiger charge is -2.16. The van der Waals surface area contributed by atoms with Crippen LogP contribution >= 0.6 is 11.3 Å². The molecule has 1 aliphatic heterocycles. The van der Waals surface area contributed by atoms with Gasteiger partial charge in [0, 0.05) is 30.6 Å². The average molecular weight is 414 g/mol. The predicted molar refractivity (Wildman–Crippen MR) is 116 cm³/mol. The van der Waals surface area contributed by atoms with E-state index < -0.39 is 5.41 Å². The van der Waals surface area contributed by atoms with Crippen LogP contribution in [0.15, 0.2) is 30.3 Å². The minimum absolute atomic E-state index is 0.0881. The molecule has 1 aliphatic rings. The number of nitrogens with zero attached hydrogens (tertiary/aromatic N) is 1. The van der Waals surface area contributed by atoms with Gasteiger partial charge in [0.05, 0.1) is 9.88 Å². The maximum atomic E-state index is 12.8. The molecule has 2 N–H and O–H groups in total. The largest absolute Gasteiger partial charge is 0.338 e. The van der Waals surface area contributed by atoms with Crippen molar-refractivity contribution in [2.24, 2.45) is 5.41 Å². The van der Waals surface area contributed by atoms with Crippen LogP contribution in [0.25, 0.3) is 0 Å². The van der Waals surface area contributed by atoms with Crippen LogP contribution < -0.4 is 10.6 Å². The number of anilines is 2. The smallest absolute Gasteiger partial charge is 0.266 e. The Bertz CT molecular complexity index is 943. The number of carbonyl (C=O) groups is 3. The second kappa shape index (κ2) is 8.37. The Hall–Kier alpha value is -2.67. The third kappa shape index (κ3) is 5.23. The van der Waals surface area contributed by atoms with E-state index in [0.717, 1.165) is 24.1 Å². The van der Waals surface area contributed by atoms with Crippen LogP contribution in [-0.2, 0) is 16.1 Å². The first-order valence-electron chi connectivity index (χ1n) is 9.73. The number of nitrogens with one attached hydrogen (secondary N) is 2. The Kier molecular flexibility index (Phi) is 6.07. The first kappa shape index (κ1) is 21.0. The summed E-state index contributed by atoms with van der Waals surface area (Å²) < 4.78 is 0. The molecule has 7 heteroatoms. The van der Waals surface area contributed by atoms with Crippen LogP contribution in [0, 0.1) is 12.3 Å². The minimum atomic E-state index is -0.502. The number of hydrogen-bond acceptors (Lipinski definition) is 4. The van der Waals surface area contributed by atoms with Crippen LogP contribution in [0.4, 0.5) is 10.7 Å². The molecular weight excluding hydrogens is 386 g/mol. The first-order valence-corrected chi connectivity index (χ1v) is 10.5. The summed E-state index contributed by atoms with van der Waals surface area (Å²) in [5.74, 6) is -0.119.